The summed E-state index contributed by atoms with van der Waals surface area (Å²) < 4.78 is 0. The lowest BCUT2D eigenvalue weighted by molar-refractivity contribution is 0.220. The monoisotopic (exact) mass is 336 g/mol. The fraction of sp³-hybridized carbons (Fsp3) is 1.00. The molecule has 5 atom stereocenters. The van der Waals surface area contributed by atoms with Crippen molar-refractivity contribution in [3.8, 4) is 0 Å². The summed E-state index contributed by atoms with van der Waals surface area (Å²) in [5, 5.41) is 8.45. The Morgan fingerprint density at radius 1 is 0.696 bits per heavy atom. The maximum atomic E-state index is 3.77. The van der Waals surface area contributed by atoms with Gasteiger partial charge in [0.25, 0.3) is 0 Å². The van der Waals surface area contributed by atoms with E-state index in [1.807, 2.05) is 0 Å². The highest BCUT2D eigenvalue weighted by atomic mass is 32.2. The summed E-state index contributed by atoms with van der Waals surface area (Å²) in [6.45, 7) is 2.44. The van der Waals surface area contributed by atoms with Gasteiger partial charge in [-0.05, 0) is 81.0 Å². The van der Waals surface area contributed by atoms with Crippen LogP contribution in [0.25, 0.3) is 0 Å². The van der Waals surface area contributed by atoms with Crippen LogP contribution >= 0.6 is 11.8 Å². The minimum absolute atomic E-state index is 0.604. The SMILES string of the molecule is C1CNC([C@@H]2CCCCC2SCC2CCC3CCCCC32)NC1. The van der Waals surface area contributed by atoms with Gasteiger partial charge in [-0.25, -0.2) is 0 Å². The lowest BCUT2D eigenvalue weighted by atomic mass is 9.78. The van der Waals surface area contributed by atoms with Crippen LogP contribution in [0, 0.1) is 23.7 Å². The second kappa shape index (κ2) is 8.10. The molecule has 3 saturated carbocycles. The summed E-state index contributed by atoms with van der Waals surface area (Å²) in [6.07, 6.45) is 17.0. The summed E-state index contributed by atoms with van der Waals surface area (Å²) in [5.41, 5.74) is 0. The van der Waals surface area contributed by atoms with Gasteiger partial charge in [0.1, 0.15) is 0 Å². The lowest BCUT2D eigenvalue weighted by Crippen LogP contribution is -2.55. The van der Waals surface area contributed by atoms with E-state index < -0.39 is 0 Å². The first-order chi connectivity index (χ1) is 11.4. The summed E-state index contributed by atoms with van der Waals surface area (Å²) in [6, 6.07) is 0. The lowest BCUT2D eigenvalue weighted by Gasteiger charge is -2.40. The highest BCUT2D eigenvalue weighted by Gasteiger charge is 2.39. The molecule has 2 N–H and O–H groups in total. The molecular formula is C20H36N2S. The highest BCUT2D eigenvalue weighted by Crippen LogP contribution is 2.48. The van der Waals surface area contributed by atoms with Crippen LogP contribution in [-0.2, 0) is 0 Å². The third kappa shape index (κ3) is 3.93. The predicted octanol–water partition coefficient (Wildman–Crippen LogP) is 4.40. The van der Waals surface area contributed by atoms with Crippen molar-refractivity contribution in [2.24, 2.45) is 23.7 Å². The van der Waals surface area contributed by atoms with E-state index in [4.69, 9.17) is 0 Å². The van der Waals surface area contributed by atoms with Gasteiger partial charge in [-0.15, -0.1) is 0 Å². The zero-order valence-corrected chi connectivity index (χ0v) is 15.6. The molecule has 0 spiro atoms. The molecule has 0 bridgehead atoms. The van der Waals surface area contributed by atoms with Crippen LogP contribution in [0.1, 0.15) is 70.6 Å². The molecule has 4 unspecified atom stereocenters. The van der Waals surface area contributed by atoms with Gasteiger partial charge in [-0.3, -0.25) is 0 Å². The second-order valence-electron chi connectivity index (χ2n) is 8.61. The molecule has 3 heteroatoms. The van der Waals surface area contributed by atoms with Gasteiger partial charge in [-0.2, -0.15) is 11.8 Å². The van der Waals surface area contributed by atoms with Crippen molar-refractivity contribution in [2.45, 2.75) is 82.0 Å². The fourth-order valence-electron chi connectivity index (χ4n) is 6.00. The molecule has 4 aliphatic rings. The van der Waals surface area contributed by atoms with Crippen molar-refractivity contribution in [3.63, 3.8) is 0 Å². The zero-order chi connectivity index (χ0) is 15.5. The van der Waals surface area contributed by atoms with E-state index in [0.717, 1.165) is 28.9 Å². The van der Waals surface area contributed by atoms with Gasteiger partial charge in [0, 0.05) is 5.25 Å². The molecule has 0 radical (unpaired) electrons. The second-order valence-corrected chi connectivity index (χ2v) is 9.88. The minimum Gasteiger partial charge on any atom is -0.302 e. The first kappa shape index (κ1) is 16.7. The third-order valence-electron chi connectivity index (χ3n) is 7.27. The van der Waals surface area contributed by atoms with E-state index >= 15 is 0 Å². The molecular weight excluding hydrogens is 300 g/mol. The average molecular weight is 337 g/mol. The Labute approximate surface area is 147 Å². The van der Waals surface area contributed by atoms with Crippen molar-refractivity contribution in [1.29, 1.82) is 0 Å². The number of hydrogen-bond donors (Lipinski definition) is 2. The van der Waals surface area contributed by atoms with Crippen molar-refractivity contribution < 1.29 is 0 Å². The van der Waals surface area contributed by atoms with Crippen molar-refractivity contribution in [3.05, 3.63) is 0 Å². The van der Waals surface area contributed by atoms with Crippen LogP contribution < -0.4 is 10.6 Å². The van der Waals surface area contributed by atoms with Crippen LogP contribution in [-0.4, -0.2) is 30.3 Å². The van der Waals surface area contributed by atoms with E-state index in [2.05, 4.69) is 22.4 Å². The minimum atomic E-state index is 0.604. The van der Waals surface area contributed by atoms with Crippen LogP contribution in [0.2, 0.25) is 0 Å². The summed E-state index contributed by atoms with van der Waals surface area (Å²) in [5.74, 6) is 5.61. The van der Waals surface area contributed by atoms with Gasteiger partial charge in [-0.1, -0.05) is 32.1 Å². The Morgan fingerprint density at radius 3 is 2.30 bits per heavy atom. The quantitative estimate of drug-likeness (QED) is 0.795. The molecule has 132 valence electrons. The number of thioether (sulfide) groups is 1. The van der Waals surface area contributed by atoms with E-state index in [1.165, 1.54) is 63.8 Å². The summed E-state index contributed by atoms with van der Waals surface area (Å²) >= 11 is 2.37. The maximum Gasteiger partial charge on any atom is 0.0611 e. The van der Waals surface area contributed by atoms with Crippen LogP contribution in [0.3, 0.4) is 0 Å². The number of hydrogen-bond acceptors (Lipinski definition) is 3. The fourth-order valence-corrected chi connectivity index (χ4v) is 7.79. The van der Waals surface area contributed by atoms with Crippen molar-refractivity contribution in [1.82, 2.24) is 10.6 Å². The van der Waals surface area contributed by atoms with Gasteiger partial charge < -0.3 is 10.6 Å². The first-order valence-electron chi connectivity index (χ1n) is 10.5. The Bertz CT molecular complexity index is 369. The predicted molar refractivity (Wildman–Crippen MR) is 101 cm³/mol. The van der Waals surface area contributed by atoms with E-state index in [-0.39, 0.29) is 0 Å². The Kier molecular flexibility index (Phi) is 5.89. The molecule has 0 aromatic heterocycles. The highest BCUT2D eigenvalue weighted by molar-refractivity contribution is 7.99. The molecule has 4 rings (SSSR count). The van der Waals surface area contributed by atoms with E-state index in [9.17, 15) is 0 Å². The standard InChI is InChI=1S/C20H36N2S/c1-2-7-17-15(6-1)10-11-16(17)14-23-19-9-4-3-8-18(19)20-21-12-5-13-22-20/h15-22H,1-14H2/t15?,16?,17?,18-,19?/m1/s1. The number of nitrogens with one attached hydrogen (secondary N) is 2. The zero-order valence-electron chi connectivity index (χ0n) is 14.8. The maximum absolute atomic E-state index is 3.77. The van der Waals surface area contributed by atoms with E-state index in [0.29, 0.717) is 6.17 Å². The molecule has 0 aromatic rings. The Hall–Kier alpha value is 0.270. The molecule has 1 aliphatic heterocycles. The molecule has 23 heavy (non-hydrogen) atoms. The van der Waals surface area contributed by atoms with Gasteiger partial charge in [0.2, 0.25) is 0 Å². The van der Waals surface area contributed by atoms with Gasteiger partial charge >= 0.3 is 0 Å². The molecule has 1 saturated heterocycles. The van der Waals surface area contributed by atoms with Crippen LogP contribution in [0.5, 0.6) is 0 Å². The van der Waals surface area contributed by atoms with E-state index in [1.54, 1.807) is 25.7 Å². The molecule has 3 aliphatic carbocycles. The topological polar surface area (TPSA) is 24.1 Å². The summed E-state index contributed by atoms with van der Waals surface area (Å²) in [7, 11) is 0. The Morgan fingerprint density at radius 2 is 1.43 bits per heavy atom. The number of fused-ring (bicyclic) bond motifs is 1. The molecule has 0 aromatic carbocycles. The molecule has 1 heterocycles. The van der Waals surface area contributed by atoms with Gasteiger partial charge in [0.05, 0.1) is 6.17 Å². The molecule has 0 amide bonds. The molecule has 2 nitrogen and oxygen atoms in total. The van der Waals surface area contributed by atoms with Crippen molar-refractivity contribution in [2.75, 3.05) is 18.8 Å². The van der Waals surface area contributed by atoms with Crippen LogP contribution in [0.15, 0.2) is 0 Å². The molecule has 4 fully saturated rings. The third-order valence-corrected chi connectivity index (χ3v) is 8.90. The summed E-state index contributed by atoms with van der Waals surface area (Å²) in [4.78, 5) is 0. The van der Waals surface area contributed by atoms with Crippen molar-refractivity contribution >= 4 is 11.8 Å². The average Bonchev–Trinajstić information content (AvgIpc) is 3.04. The normalized spacial score (nSPS) is 42.5. The Balaban J connectivity index is 1.31. The van der Waals surface area contributed by atoms with Gasteiger partial charge in [0.15, 0.2) is 0 Å². The smallest absolute Gasteiger partial charge is 0.0611 e. The first-order valence-corrected chi connectivity index (χ1v) is 11.5. The number of rotatable bonds is 4. The largest absolute Gasteiger partial charge is 0.302 e. The van der Waals surface area contributed by atoms with Crippen LogP contribution in [0.4, 0.5) is 0 Å².